The van der Waals surface area contributed by atoms with Gasteiger partial charge in [-0.15, -0.1) is 6.42 Å². The van der Waals surface area contributed by atoms with E-state index in [-0.39, 0.29) is 23.8 Å². The fourth-order valence-electron chi connectivity index (χ4n) is 4.22. The summed E-state index contributed by atoms with van der Waals surface area (Å²) in [4.78, 5) is 20.6. The van der Waals surface area contributed by atoms with Gasteiger partial charge in [-0.1, -0.05) is 31.0 Å². The molecule has 39 heavy (non-hydrogen) atoms. The van der Waals surface area contributed by atoms with Crippen LogP contribution in [-0.2, 0) is 23.4 Å². The molecule has 1 saturated heterocycles. The summed E-state index contributed by atoms with van der Waals surface area (Å²) in [5.41, 5.74) is 4.04. The molecule has 3 aromatic rings. The third-order valence-corrected chi connectivity index (χ3v) is 8.21. The average Bonchev–Trinajstić information content (AvgIpc) is 3.43. The van der Waals surface area contributed by atoms with Crippen molar-refractivity contribution in [2.45, 2.75) is 50.9 Å². The summed E-state index contributed by atoms with van der Waals surface area (Å²) in [6.45, 7) is 4.48. The lowest BCUT2D eigenvalue weighted by atomic mass is 9.95. The van der Waals surface area contributed by atoms with E-state index in [0.717, 1.165) is 0 Å². The third kappa shape index (κ3) is 5.93. The van der Waals surface area contributed by atoms with E-state index in [1.807, 2.05) is 0 Å². The minimum Gasteiger partial charge on any atom is -0.463 e. The number of esters is 1. The second-order valence-corrected chi connectivity index (χ2v) is 11.6. The lowest BCUT2D eigenvalue weighted by molar-refractivity contribution is -0.151. The number of para-hydroxylation sites is 1. The van der Waals surface area contributed by atoms with Crippen molar-refractivity contribution in [1.82, 2.24) is 14.5 Å². The first-order chi connectivity index (χ1) is 18.5. The molecule has 0 spiro atoms. The van der Waals surface area contributed by atoms with Crippen LogP contribution in [0, 0.1) is 18.3 Å². The normalized spacial score (nSPS) is 25.2. The lowest BCUT2D eigenvalue weighted by Crippen LogP contribution is -2.45. The summed E-state index contributed by atoms with van der Waals surface area (Å²) in [5, 5.41) is 22.7. The molecule has 0 aliphatic carbocycles. The number of nitrogens with two attached hydrogens (primary N) is 1. The molecule has 0 saturated carbocycles. The molecule has 0 amide bonds. The predicted molar refractivity (Wildman–Crippen MR) is 142 cm³/mol. The van der Waals surface area contributed by atoms with Gasteiger partial charge < -0.3 is 34.5 Å². The van der Waals surface area contributed by atoms with Crippen molar-refractivity contribution in [3.05, 3.63) is 48.9 Å². The Morgan fingerprint density at radius 1 is 1.28 bits per heavy atom. The van der Waals surface area contributed by atoms with Gasteiger partial charge in [0.2, 0.25) is 0 Å². The van der Waals surface area contributed by atoms with Crippen LogP contribution in [0.2, 0.25) is 0 Å². The minimum atomic E-state index is -4.02. The number of anilines is 1. The molecule has 4 N–H and O–H groups in total. The van der Waals surface area contributed by atoms with E-state index in [9.17, 15) is 19.6 Å². The number of aliphatic hydroxyl groups is 2. The first-order valence-electron chi connectivity index (χ1n) is 12.3. The molecule has 0 unspecified atom stereocenters. The maximum absolute atomic E-state index is 13.9. The Balaban J connectivity index is 1.57. The Kier molecular flexibility index (Phi) is 8.30. The monoisotopic (exact) mass is 558 g/mol. The number of rotatable bonds is 10. The van der Waals surface area contributed by atoms with Gasteiger partial charge in [0.05, 0.1) is 30.2 Å². The minimum absolute atomic E-state index is 0.213. The summed E-state index contributed by atoms with van der Waals surface area (Å²) >= 11 is 0. The van der Waals surface area contributed by atoms with Crippen LogP contribution >= 0.6 is 7.60 Å². The van der Waals surface area contributed by atoms with E-state index < -0.39 is 50.1 Å². The van der Waals surface area contributed by atoms with Gasteiger partial charge >= 0.3 is 13.6 Å². The number of hydrogen-bond donors (Lipinski definition) is 3. The summed E-state index contributed by atoms with van der Waals surface area (Å²) in [5.74, 6) is 1.28. The first kappa shape index (κ1) is 28.5. The van der Waals surface area contributed by atoms with Crippen molar-refractivity contribution < 1.29 is 38.1 Å². The van der Waals surface area contributed by atoms with E-state index in [1.165, 1.54) is 10.9 Å². The fraction of sp³-hybridized carbons (Fsp3) is 0.423. The summed E-state index contributed by atoms with van der Waals surface area (Å²) in [7, 11) is -4.02. The zero-order chi connectivity index (χ0) is 28.4. The van der Waals surface area contributed by atoms with Gasteiger partial charge in [0.1, 0.15) is 35.7 Å². The molecule has 13 heteroatoms. The van der Waals surface area contributed by atoms with E-state index in [2.05, 4.69) is 15.9 Å². The Morgan fingerprint density at radius 3 is 2.67 bits per heavy atom. The van der Waals surface area contributed by atoms with Gasteiger partial charge in [-0.3, -0.25) is 9.32 Å². The molecular formula is C26H31N4O8P. The van der Waals surface area contributed by atoms with Crippen LogP contribution in [0.5, 0.6) is 5.75 Å². The highest BCUT2D eigenvalue weighted by molar-refractivity contribution is 7.54. The molecule has 2 aromatic heterocycles. The highest BCUT2D eigenvalue weighted by Crippen LogP contribution is 2.51. The standard InChI is InChI=1S/C26H31N4O8P/c1-5-26(33)21(31)20(37-25(26)30-12-11-19-22(27)28-15-29-23(19)30)13-35-39(34,38-18-9-7-6-8-10-18)14-17(4)24(32)36-16(2)3/h1,6-12,15-17,20-21,25,31,33H,13-14H2,2-4H3,(H2,27,28,29)/t17-,20-,21-,25-,26-,39+/m1/s1. The largest absolute Gasteiger partial charge is 0.463 e. The highest BCUT2D eigenvalue weighted by Gasteiger charge is 2.56. The van der Waals surface area contributed by atoms with Crippen LogP contribution in [0.3, 0.4) is 0 Å². The Labute approximate surface area is 225 Å². The van der Waals surface area contributed by atoms with Crippen molar-refractivity contribution in [3.63, 3.8) is 0 Å². The second-order valence-electron chi connectivity index (χ2n) is 9.54. The van der Waals surface area contributed by atoms with Gasteiger partial charge in [0, 0.05) is 6.20 Å². The van der Waals surface area contributed by atoms with Crippen LogP contribution in [0.15, 0.2) is 48.9 Å². The van der Waals surface area contributed by atoms with E-state index in [0.29, 0.717) is 11.0 Å². The Hall–Kier alpha value is -3.46. The maximum atomic E-state index is 13.9. The Morgan fingerprint density at radius 2 is 2.00 bits per heavy atom. The SMILES string of the molecule is C#C[C@@]1(O)[C@H](O)[C@@H](CO[P@@](=O)(C[C@@H](C)C(=O)OC(C)C)Oc2ccccc2)O[C@H]1n1ccc2c(N)ncnc21. The molecule has 3 heterocycles. The van der Waals surface area contributed by atoms with Crippen LogP contribution in [-0.4, -0.2) is 67.4 Å². The number of ether oxygens (including phenoxy) is 2. The molecule has 1 aliphatic rings. The summed E-state index contributed by atoms with van der Waals surface area (Å²) in [6, 6.07) is 9.94. The molecule has 6 atom stereocenters. The lowest BCUT2D eigenvalue weighted by Gasteiger charge is -2.26. The molecule has 0 bridgehead atoms. The number of nitrogen functional groups attached to an aromatic ring is 1. The fourth-order valence-corrected chi connectivity index (χ4v) is 6.09. The van der Waals surface area contributed by atoms with Gasteiger partial charge in [-0.25, -0.2) is 14.5 Å². The van der Waals surface area contributed by atoms with E-state index >= 15 is 0 Å². The van der Waals surface area contributed by atoms with Gasteiger partial charge in [-0.05, 0) is 32.0 Å². The summed E-state index contributed by atoms with van der Waals surface area (Å²) < 4.78 is 37.9. The zero-order valence-electron chi connectivity index (χ0n) is 21.7. The van der Waals surface area contributed by atoms with Crippen molar-refractivity contribution in [2.24, 2.45) is 5.92 Å². The molecule has 12 nitrogen and oxygen atoms in total. The molecule has 4 rings (SSSR count). The molecule has 1 fully saturated rings. The van der Waals surface area contributed by atoms with Crippen LogP contribution < -0.4 is 10.3 Å². The topological polar surface area (TPSA) is 168 Å². The van der Waals surface area contributed by atoms with E-state index in [1.54, 1.807) is 63.4 Å². The molecule has 0 radical (unpaired) electrons. The highest BCUT2D eigenvalue weighted by atomic mass is 31.2. The number of carbonyl (C=O) groups is 1. The number of hydrogen-bond acceptors (Lipinski definition) is 11. The summed E-state index contributed by atoms with van der Waals surface area (Å²) in [6.07, 6.45) is 3.61. The van der Waals surface area contributed by atoms with Crippen molar-refractivity contribution >= 4 is 30.4 Å². The first-order valence-corrected chi connectivity index (χ1v) is 14.0. The number of nitrogens with zero attached hydrogens (tertiary/aromatic N) is 3. The van der Waals surface area contributed by atoms with Crippen molar-refractivity contribution in [1.29, 1.82) is 0 Å². The second kappa shape index (κ2) is 11.3. The van der Waals surface area contributed by atoms with Crippen LogP contribution in [0.25, 0.3) is 11.0 Å². The quantitative estimate of drug-likeness (QED) is 0.190. The smallest absolute Gasteiger partial charge is 0.380 e. The maximum Gasteiger partial charge on any atom is 0.380 e. The Bertz CT molecular complexity index is 1410. The van der Waals surface area contributed by atoms with Gasteiger partial charge in [0.25, 0.3) is 0 Å². The molecule has 208 valence electrons. The van der Waals surface area contributed by atoms with Crippen molar-refractivity contribution in [2.75, 3.05) is 18.5 Å². The van der Waals surface area contributed by atoms with Crippen LogP contribution in [0.1, 0.15) is 27.0 Å². The predicted octanol–water partition coefficient (Wildman–Crippen LogP) is 2.51. The zero-order valence-corrected chi connectivity index (χ0v) is 22.6. The number of terminal acetylenes is 1. The number of benzene rings is 1. The molecule has 1 aromatic carbocycles. The van der Waals surface area contributed by atoms with Gasteiger partial charge in [0.15, 0.2) is 11.8 Å². The third-order valence-electron chi connectivity index (χ3n) is 6.18. The van der Waals surface area contributed by atoms with Crippen LogP contribution in [0.4, 0.5) is 5.82 Å². The number of carbonyl (C=O) groups excluding carboxylic acids is 1. The number of fused-ring (bicyclic) bond motifs is 1. The molecule has 1 aliphatic heterocycles. The van der Waals surface area contributed by atoms with Crippen molar-refractivity contribution in [3.8, 4) is 18.1 Å². The van der Waals surface area contributed by atoms with E-state index in [4.69, 9.17) is 30.7 Å². The number of aromatic nitrogens is 3. The molecular weight excluding hydrogens is 527 g/mol. The average molecular weight is 559 g/mol. The number of aliphatic hydroxyl groups excluding tert-OH is 1. The van der Waals surface area contributed by atoms with Gasteiger partial charge in [-0.2, -0.15) is 0 Å².